The molecule has 13 heavy (non-hydrogen) atoms. The number of methoxy groups -OCH3 is 1. The molecule has 1 rings (SSSR count). The summed E-state index contributed by atoms with van der Waals surface area (Å²) in [5, 5.41) is 2.62. The van der Waals surface area contributed by atoms with Crippen molar-refractivity contribution in [2.75, 3.05) is 13.7 Å². The normalized spacial score (nSPS) is 26.7. The summed E-state index contributed by atoms with van der Waals surface area (Å²) in [5.74, 6) is -0.721. The van der Waals surface area contributed by atoms with Crippen LogP contribution < -0.4 is 5.32 Å². The molecule has 4 nitrogen and oxygen atoms in total. The zero-order chi connectivity index (χ0) is 9.90. The van der Waals surface area contributed by atoms with Gasteiger partial charge in [-0.15, -0.1) is 6.58 Å². The third-order valence-electron chi connectivity index (χ3n) is 2.34. The minimum atomic E-state index is -1.02. The van der Waals surface area contributed by atoms with Gasteiger partial charge in [-0.3, -0.25) is 9.59 Å². The standard InChI is InChI=1S/C9H13NO3/c1-3-4-9(8(12)13-2)5-6-10-7(9)11/h3H,1,4-6H2,2H3,(H,10,11)/t9-/m0/s1. The first-order valence-electron chi connectivity index (χ1n) is 4.15. The summed E-state index contributed by atoms with van der Waals surface area (Å²) < 4.78 is 4.61. The van der Waals surface area contributed by atoms with Gasteiger partial charge in [-0.05, 0) is 12.8 Å². The predicted octanol–water partition coefficient (Wildman–Crippen LogP) is 0.242. The van der Waals surface area contributed by atoms with Crippen molar-refractivity contribution in [2.45, 2.75) is 12.8 Å². The summed E-state index contributed by atoms with van der Waals surface area (Å²) in [6.45, 7) is 4.06. The van der Waals surface area contributed by atoms with Gasteiger partial charge in [0, 0.05) is 6.54 Å². The molecule has 1 aliphatic heterocycles. The molecule has 72 valence electrons. The van der Waals surface area contributed by atoms with E-state index in [0.29, 0.717) is 19.4 Å². The fraction of sp³-hybridized carbons (Fsp3) is 0.556. The average molecular weight is 183 g/mol. The number of carbonyl (C=O) groups excluding carboxylic acids is 2. The Bertz CT molecular complexity index is 249. The predicted molar refractivity (Wildman–Crippen MR) is 46.9 cm³/mol. The van der Waals surface area contributed by atoms with Crippen LogP contribution in [0.4, 0.5) is 0 Å². The Balaban J connectivity index is 2.92. The van der Waals surface area contributed by atoms with E-state index in [1.54, 1.807) is 6.08 Å². The summed E-state index contributed by atoms with van der Waals surface area (Å²) in [5.41, 5.74) is -1.02. The molecule has 0 saturated carbocycles. The number of hydrogen-bond acceptors (Lipinski definition) is 3. The van der Waals surface area contributed by atoms with Crippen molar-refractivity contribution in [2.24, 2.45) is 5.41 Å². The molecule has 1 atom stereocenters. The van der Waals surface area contributed by atoms with Crippen molar-refractivity contribution in [3.05, 3.63) is 12.7 Å². The molecule has 0 aromatic rings. The summed E-state index contributed by atoms with van der Waals surface area (Å²) in [6, 6.07) is 0. The molecule has 0 aliphatic carbocycles. The first kappa shape index (κ1) is 9.77. The van der Waals surface area contributed by atoms with Gasteiger partial charge in [-0.2, -0.15) is 0 Å². The van der Waals surface area contributed by atoms with Crippen LogP contribution in [0.25, 0.3) is 0 Å². The second-order valence-electron chi connectivity index (χ2n) is 3.07. The Morgan fingerprint density at radius 2 is 2.54 bits per heavy atom. The molecule has 0 unspecified atom stereocenters. The van der Waals surface area contributed by atoms with Crippen LogP contribution in [0.5, 0.6) is 0 Å². The van der Waals surface area contributed by atoms with Gasteiger partial charge in [0.2, 0.25) is 5.91 Å². The van der Waals surface area contributed by atoms with Gasteiger partial charge in [0.05, 0.1) is 7.11 Å². The third-order valence-corrected chi connectivity index (χ3v) is 2.34. The topological polar surface area (TPSA) is 55.4 Å². The number of allylic oxidation sites excluding steroid dienone is 1. The maximum Gasteiger partial charge on any atom is 0.321 e. The summed E-state index contributed by atoms with van der Waals surface area (Å²) in [6.07, 6.45) is 2.40. The Hall–Kier alpha value is -1.32. The number of ether oxygens (including phenoxy) is 1. The van der Waals surface area contributed by atoms with Crippen LogP contribution in [-0.4, -0.2) is 25.5 Å². The van der Waals surface area contributed by atoms with Crippen LogP contribution in [-0.2, 0) is 14.3 Å². The highest BCUT2D eigenvalue weighted by molar-refractivity contribution is 6.04. The van der Waals surface area contributed by atoms with Gasteiger partial charge in [-0.1, -0.05) is 6.08 Å². The SMILES string of the molecule is C=CC[C@]1(C(=O)OC)CCNC1=O. The highest BCUT2D eigenvalue weighted by Gasteiger charge is 2.49. The summed E-state index contributed by atoms with van der Waals surface area (Å²) in [7, 11) is 1.29. The van der Waals surface area contributed by atoms with Crippen LogP contribution in [0.2, 0.25) is 0 Å². The summed E-state index contributed by atoms with van der Waals surface area (Å²) in [4.78, 5) is 22.8. The van der Waals surface area contributed by atoms with Crippen LogP contribution in [0.15, 0.2) is 12.7 Å². The van der Waals surface area contributed by atoms with Gasteiger partial charge in [0.1, 0.15) is 0 Å². The van der Waals surface area contributed by atoms with E-state index in [9.17, 15) is 9.59 Å². The smallest absolute Gasteiger partial charge is 0.321 e. The van der Waals surface area contributed by atoms with E-state index in [0.717, 1.165) is 0 Å². The van der Waals surface area contributed by atoms with Crippen LogP contribution in [0.3, 0.4) is 0 Å². The zero-order valence-corrected chi connectivity index (χ0v) is 7.63. The van der Waals surface area contributed by atoms with Crippen molar-refractivity contribution in [3.63, 3.8) is 0 Å². The monoisotopic (exact) mass is 183 g/mol. The second kappa shape index (κ2) is 3.60. The molecule has 0 bridgehead atoms. The van der Waals surface area contributed by atoms with E-state index in [1.807, 2.05) is 0 Å². The molecule has 0 aromatic carbocycles. The lowest BCUT2D eigenvalue weighted by Crippen LogP contribution is -2.39. The molecule has 4 heteroatoms. The molecule has 0 radical (unpaired) electrons. The number of hydrogen-bond donors (Lipinski definition) is 1. The van der Waals surface area contributed by atoms with E-state index in [4.69, 9.17) is 0 Å². The minimum Gasteiger partial charge on any atom is -0.468 e. The molecular formula is C9H13NO3. The Labute approximate surface area is 76.9 Å². The maximum absolute atomic E-state index is 11.4. The fourth-order valence-electron chi connectivity index (χ4n) is 1.59. The Morgan fingerprint density at radius 1 is 1.85 bits per heavy atom. The van der Waals surface area contributed by atoms with Crippen molar-refractivity contribution >= 4 is 11.9 Å². The van der Waals surface area contributed by atoms with Gasteiger partial charge in [0.15, 0.2) is 5.41 Å². The van der Waals surface area contributed by atoms with Crippen molar-refractivity contribution in [3.8, 4) is 0 Å². The Kier molecular flexibility index (Phi) is 2.70. The molecule has 1 N–H and O–H groups in total. The van der Waals surface area contributed by atoms with E-state index < -0.39 is 11.4 Å². The fourth-order valence-corrected chi connectivity index (χ4v) is 1.59. The highest BCUT2D eigenvalue weighted by Crippen LogP contribution is 2.32. The minimum absolute atomic E-state index is 0.251. The first-order valence-corrected chi connectivity index (χ1v) is 4.15. The van der Waals surface area contributed by atoms with Crippen LogP contribution >= 0.6 is 0 Å². The average Bonchev–Trinajstić information content (AvgIpc) is 2.48. The number of rotatable bonds is 3. The van der Waals surface area contributed by atoms with Crippen LogP contribution in [0.1, 0.15) is 12.8 Å². The van der Waals surface area contributed by atoms with Gasteiger partial charge < -0.3 is 10.1 Å². The molecular weight excluding hydrogens is 170 g/mol. The van der Waals surface area contributed by atoms with E-state index >= 15 is 0 Å². The molecule has 0 spiro atoms. The second-order valence-corrected chi connectivity index (χ2v) is 3.07. The number of carbonyl (C=O) groups is 2. The molecule has 0 aromatic heterocycles. The van der Waals surface area contributed by atoms with E-state index in [-0.39, 0.29) is 5.91 Å². The molecule has 1 saturated heterocycles. The number of nitrogens with one attached hydrogen (secondary N) is 1. The largest absolute Gasteiger partial charge is 0.468 e. The number of esters is 1. The maximum atomic E-state index is 11.4. The lowest BCUT2D eigenvalue weighted by molar-refractivity contribution is -0.156. The van der Waals surface area contributed by atoms with Crippen LogP contribution in [0, 0.1) is 5.41 Å². The number of amides is 1. The zero-order valence-electron chi connectivity index (χ0n) is 7.63. The molecule has 1 heterocycles. The quantitative estimate of drug-likeness (QED) is 0.387. The lowest BCUT2D eigenvalue weighted by atomic mass is 9.83. The van der Waals surface area contributed by atoms with E-state index in [1.165, 1.54) is 7.11 Å². The molecule has 1 aliphatic rings. The third kappa shape index (κ3) is 1.43. The molecule has 1 amide bonds. The van der Waals surface area contributed by atoms with Crippen molar-refractivity contribution in [1.29, 1.82) is 0 Å². The van der Waals surface area contributed by atoms with Crippen molar-refractivity contribution < 1.29 is 14.3 Å². The summed E-state index contributed by atoms with van der Waals surface area (Å²) >= 11 is 0. The molecule has 1 fully saturated rings. The highest BCUT2D eigenvalue weighted by atomic mass is 16.5. The van der Waals surface area contributed by atoms with Gasteiger partial charge >= 0.3 is 5.97 Å². The Morgan fingerprint density at radius 3 is 2.92 bits per heavy atom. The lowest BCUT2D eigenvalue weighted by Gasteiger charge is -2.20. The van der Waals surface area contributed by atoms with Gasteiger partial charge in [0.25, 0.3) is 0 Å². The van der Waals surface area contributed by atoms with E-state index in [2.05, 4.69) is 16.6 Å². The van der Waals surface area contributed by atoms with Gasteiger partial charge in [-0.25, -0.2) is 0 Å². The first-order chi connectivity index (χ1) is 6.17. The van der Waals surface area contributed by atoms with Crippen molar-refractivity contribution in [1.82, 2.24) is 5.32 Å².